The van der Waals surface area contributed by atoms with Gasteiger partial charge in [-0.15, -0.1) is 0 Å². The highest BCUT2D eigenvalue weighted by molar-refractivity contribution is 7.89. The topological polar surface area (TPSA) is 60.9 Å². The molecule has 1 atom stereocenters. The van der Waals surface area contributed by atoms with E-state index in [-0.39, 0.29) is 16.8 Å². The molecule has 0 radical (unpaired) electrons. The quantitative estimate of drug-likeness (QED) is 0.752. The normalized spacial score (nSPS) is 20.9. The van der Waals surface area contributed by atoms with Crippen LogP contribution in [-0.2, 0) is 10.0 Å². The second-order valence-electron chi connectivity index (χ2n) is 8.10. The number of anilines is 1. The van der Waals surface area contributed by atoms with E-state index in [9.17, 15) is 13.2 Å². The number of piperazine rings is 1. The van der Waals surface area contributed by atoms with E-state index in [0.29, 0.717) is 25.2 Å². The Labute approximate surface area is 179 Å². The van der Waals surface area contributed by atoms with Crippen molar-refractivity contribution in [1.82, 2.24) is 9.21 Å². The number of nitrogens with zero attached hydrogens (tertiary/aromatic N) is 3. The number of para-hydroxylation sites is 1. The third-order valence-electron chi connectivity index (χ3n) is 6.14. The van der Waals surface area contributed by atoms with E-state index in [0.717, 1.165) is 32.4 Å². The Morgan fingerprint density at radius 3 is 2.17 bits per heavy atom. The number of amides is 1. The molecule has 0 spiro atoms. The van der Waals surface area contributed by atoms with Crippen LogP contribution in [0.15, 0.2) is 59.5 Å². The van der Waals surface area contributed by atoms with E-state index in [1.165, 1.54) is 5.69 Å². The average molecular weight is 428 g/mol. The maximum Gasteiger partial charge on any atom is 0.253 e. The first-order valence-electron chi connectivity index (χ1n) is 10.7. The Bertz CT molecular complexity index is 969. The lowest BCUT2D eigenvalue weighted by atomic mass is 10.1. The van der Waals surface area contributed by atoms with Crippen LogP contribution in [0, 0.1) is 0 Å². The van der Waals surface area contributed by atoms with Crippen LogP contribution in [0.1, 0.15) is 36.5 Å². The second kappa shape index (κ2) is 8.78. The largest absolute Gasteiger partial charge is 0.368 e. The fourth-order valence-corrected chi connectivity index (χ4v) is 6.02. The third-order valence-corrected chi connectivity index (χ3v) is 8.17. The van der Waals surface area contributed by atoms with Crippen LogP contribution in [0.5, 0.6) is 0 Å². The van der Waals surface area contributed by atoms with Gasteiger partial charge in [0.25, 0.3) is 5.91 Å². The summed E-state index contributed by atoms with van der Waals surface area (Å²) in [7, 11) is -3.51. The number of benzene rings is 2. The highest BCUT2D eigenvalue weighted by atomic mass is 32.2. The molecule has 1 amide bonds. The van der Waals surface area contributed by atoms with Crippen molar-refractivity contribution in [2.45, 2.75) is 37.1 Å². The van der Waals surface area contributed by atoms with Gasteiger partial charge >= 0.3 is 0 Å². The second-order valence-corrected chi connectivity index (χ2v) is 9.99. The predicted molar refractivity (Wildman–Crippen MR) is 118 cm³/mol. The van der Waals surface area contributed by atoms with Crippen LogP contribution in [0.2, 0.25) is 0 Å². The zero-order valence-corrected chi connectivity index (χ0v) is 18.2. The molecule has 0 bridgehead atoms. The summed E-state index contributed by atoms with van der Waals surface area (Å²) in [5.74, 6) is -0.0435. The van der Waals surface area contributed by atoms with Gasteiger partial charge in [0, 0.05) is 50.0 Å². The first kappa shape index (κ1) is 20.9. The molecule has 30 heavy (non-hydrogen) atoms. The molecule has 2 aliphatic heterocycles. The predicted octanol–water partition coefficient (Wildman–Crippen LogP) is 3.21. The van der Waals surface area contributed by atoms with Crippen molar-refractivity contribution in [2.75, 3.05) is 37.6 Å². The van der Waals surface area contributed by atoms with Gasteiger partial charge in [-0.05, 0) is 56.2 Å². The molecule has 7 heteroatoms. The Hall–Kier alpha value is -2.38. The van der Waals surface area contributed by atoms with Crippen molar-refractivity contribution in [3.63, 3.8) is 0 Å². The van der Waals surface area contributed by atoms with E-state index < -0.39 is 10.0 Å². The smallest absolute Gasteiger partial charge is 0.253 e. The van der Waals surface area contributed by atoms with Crippen LogP contribution >= 0.6 is 0 Å². The highest BCUT2D eigenvalue weighted by Crippen LogP contribution is 2.25. The van der Waals surface area contributed by atoms with E-state index in [2.05, 4.69) is 17.0 Å². The first-order chi connectivity index (χ1) is 14.5. The maximum absolute atomic E-state index is 13.0. The highest BCUT2D eigenvalue weighted by Gasteiger charge is 2.31. The lowest BCUT2D eigenvalue weighted by Crippen LogP contribution is -2.48. The summed E-state index contributed by atoms with van der Waals surface area (Å²) in [6, 6.07) is 16.7. The number of carbonyl (C=O) groups is 1. The molecule has 2 aromatic carbocycles. The van der Waals surface area contributed by atoms with Crippen LogP contribution in [0.4, 0.5) is 5.69 Å². The zero-order valence-electron chi connectivity index (χ0n) is 17.4. The Balaban J connectivity index is 1.41. The van der Waals surface area contributed by atoms with E-state index in [1.54, 1.807) is 28.6 Å². The van der Waals surface area contributed by atoms with Crippen LogP contribution in [-0.4, -0.2) is 62.3 Å². The molecular formula is C23H29N3O3S. The summed E-state index contributed by atoms with van der Waals surface area (Å²) in [4.78, 5) is 17.3. The standard InChI is InChI=1S/C23H29N3O3S/c1-19-7-5-6-14-26(19)30(28,29)22-12-10-20(11-13-22)23(27)25-17-15-24(16-18-25)21-8-3-2-4-9-21/h2-4,8-13,19H,5-7,14-18H2,1H3/t19-/m1/s1. The van der Waals surface area contributed by atoms with Crippen LogP contribution in [0.3, 0.4) is 0 Å². The molecule has 2 aliphatic rings. The minimum absolute atomic E-state index is 0.0194. The van der Waals surface area contributed by atoms with Gasteiger partial charge in [-0.3, -0.25) is 4.79 Å². The minimum atomic E-state index is -3.51. The van der Waals surface area contributed by atoms with Gasteiger partial charge in [-0.2, -0.15) is 4.31 Å². The van der Waals surface area contributed by atoms with Crippen molar-refractivity contribution >= 4 is 21.6 Å². The molecule has 0 unspecified atom stereocenters. The summed E-state index contributed by atoms with van der Waals surface area (Å²) in [6.07, 6.45) is 2.86. The fourth-order valence-electron chi connectivity index (χ4n) is 4.32. The number of carbonyl (C=O) groups excluding carboxylic acids is 1. The van der Waals surface area contributed by atoms with E-state index in [1.807, 2.05) is 30.0 Å². The number of rotatable bonds is 4. The molecule has 2 saturated heterocycles. The number of sulfonamides is 1. The number of hydrogen-bond donors (Lipinski definition) is 0. The van der Waals surface area contributed by atoms with Crippen molar-refractivity contribution in [1.29, 1.82) is 0 Å². The van der Waals surface area contributed by atoms with Gasteiger partial charge in [-0.25, -0.2) is 8.42 Å². The monoisotopic (exact) mass is 427 g/mol. The lowest BCUT2D eigenvalue weighted by molar-refractivity contribution is 0.0746. The lowest BCUT2D eigenvalue weighted by Gasteiger charge is -2.36. The molecular weight excluding hydrogens is 398 g/mol. The molecule has 0 aliphatic carbocycles. The SMILES string of the molecule is C[C@@H]1CCCCN1S(=O)(=O)c1ccc(C(=O)N2CCN(c3ccccc3)CC2)cc1. The molecule has 160 valence electrons. The molecule has 2 aromatic rings. The Morgan fingerprint density at radius 2 is 1.53 bits per heavy atom. The first-order valence-corrected chi connectivity index (χ1v) is 12.1. The fraction of sp³-hybridized carbons (Fsp3) is 0.435. The van der Waals surface area contributed by atoms with Gasteiger partial charge in [0.2, 0.25) is 10.0 Å². The third kappa shape index (κ3) is 4.23. The number of piperidine rings is 1. The Kier molecular flexibility index (Phi) is 6.11. The molecule has 4 rings (SSSR count). The van der Waals surface area contributed by atoms with Crippen LogP contribution in [0.25, 0.3) is 0 Å². The van der Waals surface area contributed by atoms with E-state index in [4.69, 9.17) is 0 Å². The molecule has 2 fully saturated rings. The number of hydrogen-bond acceptors (Lipinski definition) is 4. The van der Waals surface area contributed by atoms with Crippen LogP contribution < -0.4 is 4.90 Å². The minimum Gasteiger partial charge on any atom is -0.368 e. The van der Waals surface area contributed by atoms with Gasteiger partial charge in [-0.1, -0.05) is 24.6 Å². The zero-order chi connectivity index (χ0) is 21.1. The van der Waals surface area contributed by atoms with Gasteiger partial charge in [0.1, 0.15) is 0 Å². The maximum atomic E-state index is 13.0. The summed E-state index contributed by atoms with van der Waals surface area (Å²) >= 11 is 0. The van der Waals surface area contributed by atoms with Crippen molar-refractivity contribution in [3.05, 3.63) is 60.2 Å². The molecule has 6 nitrogen and oxygen atoms in total. The molecule has 0 N–H and O–H groups in total. The Morgan fingerprint density at radius 1 is 0.867 bits per heavy atom. The van der Waals surface area contributed by atoms with Crippen molar-refractivity contribution < 1.29 is 13.2 Å². The van der Waals surface area contributed by atoms with Crippen molar-refractivity contribution in [2.24, 2.45) is 0 Å². The summed E-state index contributed by atoms with van der Waals surface area (Å²) in [6.45, 7) is 5.40. The van der Waals surface area contributed by atoms with Gasteiger partial charge in [0.05, 0.1) is 4.90 Å². The summed E-state index contributed by atoms with van der Waals surface area (Å²) < 4.78 is 27.5. The summed E-state index contributed by atoms with van der Waals surface area (Å²) in [5, 5.41) is 0. The van der Waals surface area contributed by atoms with Gasteiger partial charge < -0.3 is 9.80 Å². The average Bonchev–Trinajstić information content (AvgIpc) is 2.79. The van der Waals surface area contributed by atoms with Crippen molar-refractivity contribution in [3.8, 4) is 0 Å². The molecule has 0 aromatic heterocycles. The summed E-state index contributed by atoms with van der Waals surface area (Å²) in [5.41, 5.74) is 1.71. The van der Waals surface area contributed by atoms with Gasteiger partial charge in [0.15, 0.2) is 0 Å². The van der Waals surface area contributed by atoms with E-state index >= 15 is 0 Å². The molecule has 2 heterocycles. The molecule has 0 saturated carbocycles.